The van der Waals surface area contributed by atoms with Crippen LogP contribution in [0.15, 0.2) is 0 Å². The maximum absolute atomic E-state index is 5.70. The van der Waals surface area contributed by atoms with E-state index < -0.39 is 0 Å². The van der Waals surface area contributed by atoms with Crippen LogP contribution in [0.5, 0.6) is 0 Å². The second-order valence-corrected chi connectivity index (χ2v) is 6.26. The van der Waals surface area contributed by atoms with Gasteiger partial charge >= 0.3 is 0 Å². The molecule has 3 heteroatoms. The monoisotopic (exact) mass is 270 g/mol. The fourth-order valence-electron chi connectivity index (χ4n) is 2.97. The number of hydrogen-bond acceptors (Lipinski definition) is 3. The van der Waals surface area contributed by atoms with Crippen molar-refractivity contribution in [2.24, 2.45) is 5.92 Å². The molecule has 1 rings (SSSR count). The first-order valence-corrected chi connectivity index (χ1v) is 8.16. The molecule has 1 N–H and O–H groups in total. The summed E-state index contributed by atoms with van der Waals surface area (Å²) < 4.78 is 5.70. The number of rotatable bonds is 6. The van der Waals surface area contributed by atoms with Crippen LogP contribution in [0.25, 0.3) is 0 Å². The highest BCUT2D eigenvalue weighted by Crippen LogP contribution is 2.17. The Balaban J connectivity index is 2.61. The fourth-order valence-corrected chi connectivity index (χ4v) is 2.97. The Morgan fingerprint density at radius 2 is 1.89 bits per heavy atom. The molecule has 19 heavy (non-hydrogen) atoms. The van der Waals surface area contributed by atoms with Crippen molar-refractivity contribution in [3.63, 3.8) is 0 Å². The van der Waals surface area contributed by atoms with Gasteiger partial charge in [-0.15, -0.1) is 0 Å². The first-order valence-electron chi connectivity index (χ1n) is 8.16. The zero-order valence-electron chi connectivity index (χ0n) is 13.6. The van der Waals surface area contributed by atoms with E-state index in [1.54, 1.807) is 0 Å². The predicted octanol–water partition coefficient (Wildman–Crippen LogP) is 2.90. The molecule has 0 aromatic heterocycles. The first-order chi connectivity index (χ1) is 9.08. The van der Waals surface area contributed by atoms with E-state index in [4.69, 9.17) is 4.74 Å². The Hall–Kier alpha value is -0.120. The molecule has 3 nitrogen and oxygen atoms in total. The quantitative estimate of drug-likeness (QED) is 0.803. The summed E-state index contributed by atoms with van der Waals surface area (Å²) in [5.41, 5.74) is 0. The Labute approximate surface area is 120 Å². The van der Waals surface area contributed by atoms with E-state index in [1.165, 1.54) is 32.4 Å². The largest absolute Gasteiger partial charge is 0.380 e. The summed E-state index contributed by atoms with van der Waals surface area (Å²) in [5.74, 6) is 0.661. The van der Waals surface area contributed by atoms with E-state index in [0.29, 0.717) is 24.0 Å². The summed E-state index contributed by atoms with van der Waals surface area (Å²) in [7, 11) is 0. The van der Waals surface area contributed by atoms with Gasteiger partial charge in [0.05, 0.1) is 6.61 Å². The van der Waals surface area contributed by atoms with Crippen LogP contribution in [0.1, 0.15) is 53.9 Å². The number of nitrogens with zero attached hydrogens (tertiary/aromatic N) is 1. The molecule has 0 aromatic carbocycles. The average molecular weight is 270 g/mol. The molecule has 3 atom stereocenters. The van der Waals surface area contributed by atoms with Gasteiger partial charge in [-0.25, -0.2) is 0 Å². The number of hydrogen-bond donors (Lipinski definition) is 1. The molecule has 1 aliphatic rings. The van der Waals surface area contributed by atoms with Gasteiger partial charge in [-0.3, -0.25) is 4.90 Å². The molecule has 0 aromatic rings. The lowest BCUT2D eigenvalue weighted by atomic mass is 9.99. The lowest BCUT2D eigenvalue weighted by Crippen LogP contribution is -2.49. The minimum Gasteiger partial charge on any atom is -0.380 e. The summed E-state index contributed by atoms with van der Waals surface area (Å²) in [5, 5.41) is 3.74. The third-order valence-electron chi connectivity index (χ3n) is 4.36. The van der Waals surface area contributed by atoms with Gasteiger partial charge in [-0.1, -0.05) is 20.8 Å². The van der Waals surface area contributed by atoms with Crippen molar-refractivity contribution in [3.05, 3.63) is 0 Å². The second kappa shape index (κ2) is 8.93. The van der Waals surface area contributed by atoms with E-state index >= 15 is 0 Å². The third-order valence-corrected chi connectivity index (χ3v) is 4.36. The van der Waals surface area contributed by atoms with Gasteiger partial charge in [0.25, 0.3) is 0 Å². The van der Waals surface area contributed by atoms with Crippen molar-refractivity contribution in [2.45, 2.75) is 72.0 Å². The molecule has 0 spiro atoms. The van der Waals surface area contributed by atoms with Crippen LogP contribution in [0, 0.1) is 5.92 Å². The summed E-state index contributed by atoms with van der Waals surface area (Å²) in [6.45, 7) is 15.4. The molecule has 1 heterocycles. The van der Waals surface area contributed by atoms with E-state index in [0.717, 1.165) is 13.2 Å². The van der Waals surface area contributed by atoms with Gasteiger partial charge < -0.3 is 10.1 Å². The molecule has 1 fully saturated rings. The van der Waals surface area contributed by atoms with E-state index in [2.05, 4.69) is 44.8 Å². The average Bonchev–Trinajstić information content (AvgIpc) is 2.36. The predicted molar refractivity (Wildman–Crippen MR) is 82.6 cm³/mol. The number of nitrogens with one attached hydrogen (secondary N) is 1. The SMILES string of the molecule is CCOCC(C(C)C)N1CCC(C)NC(CC)CC1. The van der Waals surface area contributed by atoms with E-state index in [9.17, 15) is 0 Å². The third kappa shape index (κ3) is 5.80. The molecule has 3 unspecified atom stereocenters. The lowest BCUT2D eigenvalue weighted by molar-refractivity contribution is 0.0362. The van der Waals surface area contributed by atoms with Gasteiger partial charge in [-0.2, -0.15) is 0 Å². The van der Waals surface area contributed by atoms with Crippen LogP contribution in [0.3, 0.4) is 0 Å². The molecule has 0 bridgehead atoms. The van der Waals surface area contributed by atoms with Crippen molar-refractivity contribution in [3.8, 4) is 0 Å². The highest BCUT2D eigenvalue weighted by Gasteiger charge is 2.25. The molecule has 114 valence electrons. The van der Waals surface area contributed by atoms with Gasteiger partial charge in [0, 0.05) is 37.8 Å². The highest BCUT2D eigenvalue weighted by atomic mass is 16.5. The maximum atomic E-state index is 5.70. The zero-order chi connectivity index (χ0) is 14.3. The van der Waals surface area contributed by atoms with Crippen molar-refractivity contribution >= 4 is 0 Å². The van der Waals surface area contributed by atoms with Crippen LogP contribution < -0.4 is 5.32 Å². The van der Waals surface area contributed by atoms with Crippen molar-refractivity contribution < 1.29 is 4.74 Å². The molecule has 0 aliphatic carbocycles. The Morgan fingerprint density at radius 3 is 2.47 bits per heavy atom. The van der Waals surface area contributed by atoms with Crippen molar-refractivity contribution in [2.75, 3.05) is 26.3 Å². The molecular weight excluding hydrogens is 236 g/mol. The highest BCUT2D eigenvalue weighted by molar-refractivity contribution is 4.82. The van der Waals surface area contributed by atoms with Crippen LogP contribution in [0.4, 0.5) is 0 Å². The van der Waals surface area contributed by atoms with E-state index in [-0.39, 0.29) is 0 Å². The zero-order valence-corrected chi connectivity index (χ0v) is 13.6. The van der Waals surface area contributed by atoms with Gasteiger partial charge in [0.15, 0.2) is 0 Å². The fraction of sp³-hybridized carbons (Fsp3) is 1.00. The molecule has 0 amide bonds. The van der Waals surface area contributed by atoms with Crippen LogP contribution in [-0.2, 0) is 4.74 Å². The lowest BCUT2D eigenvalue weighted by Gasteiger charge is -2.38. The number of ether oxygens (including phenoxy) is 1. The Morgan fingerprint density at radius 1 is 1.21 bits per heavy atom. The van der Waals surface area contributed by atoms with Gasteiger partial charge in [-0.05, 0) is 39.0 Å². The molecular formula is C16H34N2O. The Kier molecular flexibility index (Phi) is 7.96. The summed E-state index contributed by atoms with van der Waals surface area (Å²) in [6, 6.07) is 1.88. The summed E-state index contributed by atoms with van der Waals surface area (Å²) >= 11 is 0. The minimum atomic E-state index is 0.572. The first kappa shape index (κ1) is 16.9. The second-order valence-electron chi connectivity index (χ2n) is 6.26. The van der Waals surface area contributed by atoms with Gasteiger partial charge in [0.2, 0.25) is 0 Å². The van der Waals surface area contributed by atoms with Crippen LogP contribution in [0.2, 0.25) is 0 Å². The van der Waals surface area contributed by atoms with Crippen LogP contribution in [-0.4, -0.2) is 49.3 Å². The maximum Gasteiger partial charge on any atom is 0.0624 e. The minimum absolute atomic E-state index is 0.572. The molecule has 0 radical (unpaired) electrons. The summed E-state index contributed by atoms with van der Waals surface area (Å²) in [4.78, 5) is 2.67. The summed E-state index contributed by atoms with van der Waals surface area (Å²) in [6.07, 6.45) is 3.73. The van der Waals surface area contributed by atoms with Crippen molar-refractivity contribution in [1.29, 1.82) is 0 Å². The standard InChI is InChI=1S/C16H34N2O/c1-6-15-9-11-18(10-8-14(5)17-15)16(13(3)4)12-19-7-2/h13-17H,6-12H2,1-5H3. The normalized spacial score (nSPS) is 28.1. The smallest absolute Gasteiger partial charge is 0.0624 e. The van der Waals surface area contributed by atoms with Gasteiger partial charge in [0.1, 0.15) is 0 Å². The van der Waals surface area contributed by atoms with E-state index in [1.807, 2.05) is 0 Å². The molecule has 1 saturated heterocycles. The molecule has 1 aliphatic heterocycles. The Bertz CT molecular complexity index is 233. The van der Waals surface area contributed by atoms with Crippen LogP contribution >= 0.6 is 0 Å². The van der Waals surface area contributed by atoms with Crippen molar-refractivity contribution in [1.82, 2.24) is 10.2 Å². The topological polar surface area (TPSA) is 24.5 Å². The molecule has 0 saturated carbocycles.